The summed E-state index contributed by atoms with van der Waals surface area (Å²) in [6, 6.07) is 22.7. The average molecular weight is 502 g/mol. The van der Waals surface area contributed by atoms with Crippen molar-refractivity contribution in [2.24, 2.45) is 12.1 Å². The lowest BCUT2D eigenvalue weighted by molar-refractivity contribution is -0.617. The maximum absolute atomic E-state index is 12.5. The summed E-state index contributed by atoms with van der Waals surface area (Å²) in [5.74, 6) is 0. The van der Waals surface area contributed by atoms with Gasteiger partial charge in [0.15, 0.2) is 0 Å². The van der Waals surface area contributed by atoms with Crippen LogP contribution >= 0.6 is 0 Å². The van der Waals surface area contributed by atoms with Gasteiger partial charge in [0.1, 0.15) is 7.05 Å². The molecule has 0 bridgehead atoms. The van der Waals surface area contributed by atoms with Crippen molar-refractivity contribution in [1.29, 1.82) is 0 Å². The van der Waals surface area contributed by atoms with Gasteiger partial charge in [-0.3, -0.25) is 4.18 Å². The zero-order valence-corrected chi connectivity index (χ0v) is 20.3. The van der Waals surface area contributed by atoms with E-state index in [0.29, 0.717) is 0 Å². The van der Waals surface area contributed by atoms with Gasteiger partial charge >= 0.3 is 0 Å². The van der Waals surface area contributed by atoms with E-state index < -0.39 is 20.4 Å². The Morgan fingerprint density at radius 3 is 1.82 bits per heavy atom. The van der Waals surface area contributed by atoms with Gasteiger partial charge in [0.05, 0.1) is 29.0 Å². The minimum absolute atomic E-state index is 0.185. The van der Waals surface area contributed by atoms with Gasteiger partial charge in [-0.2, -0.15) is 18.1 Å². The number of para-hydroxylation sites is 2. The summed E-state index contributed by atoms with van der Waals surface area (Å²) in [7, 11) is -5.30. The van der Waals surface area contributed by atoms with Crippen LogP contribution in [0.2, 0.25) is 0 Å². The summed E-state index contributed by atoms with van der Waals surface area (Å²) in [6.45, 7) is 1.91. The van der Waals surface area contributed by atoms with E-state index in [1.54, 1.807) is 30.5 Å². The fraction of sp³-hybridized carbons (Fsp3) is 0.130. The van der Waals surface area contributed by atoms with Crippen molar-refractivity contribution in [3.8, 4) is 0 Å². The zero-order valence-electron chi connectivity index (χ0n) is 18.7. The van der Waals surface area contributed by atoms with Crippen LogP contribution in [0.25, 0.3) is 21.8 Å². The van der Waals surface area contributed by atoms with Crippen LogP contribution in [0.1, 0.15) is 11.1 Å². The molecule has 34 heavy (non-hydrogen) atoms. The summed E-state index contributed by atoms with van der Waals surface area (Å²) in [5, 5.41) is 6.07. The van der Waals surface area contributed by atoms with E-state index in [4.69, 9.17) is 0 Å². The Hall–Kier alpha value is -3.38. The van der Waals surface area contributed by atoms with Crippen LogP contribution in [0.5, 0.6) is 0 Å². The Morgan fingerprint density at radius 2 is 1.35 bits per heavy atom. The Morgan fingerprint density at radius 1 is 0.882 bits per heavy atom. The largest absolute Gasteiger partial charge is 0.726 e. The number of nitrogens with zero attached hydrogens (tertiary/aromatic N) is 2. The van der Waals surface area contributed by atoms with E-state index in [0.717, 1.165) is 40.0 Å². The minimum atomic E-state index is -4.41. The Bertz CT molecular complexity index is 1510. The predicted octanol–water partition coefficient (Wildman–Crippen LogP) is 2.53. The summed E-state index contributed by atoms with van der Waals surface area (Å²) >= 11 is 0. The molecule has 0 fully saturated rings. The highest BCUT2D eigenvalue weighted by Crippen LogP contribution is 2.23. The Kier molecular flexibility index (Phi) is 7.62. The van der Waals surface area contributed by atoms with Gasteiger partial charge in [0.2, 0.25) is 21.4 Å². The first-order valence-electron chi connectivity index (χ1n) is 9.96. The molecular weight excluding hydrogens is 478 g/mol. The first kappa shape index (κ1) is 25.2. The molecule has 0 atom stereocenters. The first-order valence-corrected chi connectivity index (χ1v) is 12.8. The van der Waals surface area contributed by atoms with Crippen molar-refractivity contribution in [2.75, 3.05) is 7.11 Å². The molecule has 0 radical (unpaired) electrons. The topological polar surface area (TPSA) is 129 Å². The molecule has 0 spiro atoms. The molecule has 0 aliphatic heterocycles. The molecule has 1 aromatic heterocycles. The summed E-state index contributed by atoms with van der Waals surface area (Å²) in [4.78, 5) is 2.51. The number of nitrogens with one attached hydrogen (secondary N) is 1. The number of pyridine rings is 1. The first-order chi connectivity index (χ1) is 16.0. The summed E-state index contributed by atoms with van der Waals surface area (Å²) in [6.07, 6.45) is 1.58. The third-order valence-corrected chi connectivity index (χ3v) is 6.66. The lowest BCUT2D eigenvalue weighted by Gasteiger charge is -2.07. The summed E-state index contributed by atoms with van der Waals surface area (Å²) in [5.41, 5.74) is 3.96. The maximum Gasteiger partial charge on any atom is 0.276 e. The van der Waals surface area contributed by atoms with Crippen molar-refractivity contribution in [3.05, 3.63) is 83.9 Å². The molecular formula is C23H23N3O6S2. The molecule has 0 aliphatic rings. The smallest absolute Gasteiger partial charge is 0.276 e. The number of hydrogen-bond donors (Lipinski definition) is 1. The molecule has 4 rings (SSSR count). The van der Waals surface area contributed by atoms with Crippen LogP contribution in [-0.4, -0.2) is 34.7 Å². The maximum atomic E-state index is 12.5. The molecule has 0 unspecified atom stereocenters. The van der Waals surface area contributed by atoms with Gasteiger partial charge in [0, 0.05) is 17.7 Å². The number of aryl methyl sites for hydroxylation is 2. The van der Waals surface area contributed by atoms with Gasteiger partial charge in [-0.1, -0.05) is 42.0 Å². The molecule has 3 aromatic carbocycles. The minimum Gasteiger partial charge on any atom is -0.726 e. The lowest BCUT2D eigenvalue weighted by Crippen LogP contribution is -2.30. The van der Waals surface area contributed by atoms with E-state index in [2.05, 4.69) is 18.7 Å². The molecule has 9 nitrogen and oxygen atoms in total. The van der Waals surface area contributed by atoms with Crippen LogP contribution in [0.15, 0.2) is 82.8 Å². The highest BCUT2D eigenvalue weighted by atomic mass is 32.3. The standard InChI is InChI=1S/C22H19N3O2S.CH4O4S/c1-16-11-13-17(14-12-16)28(26,27)24-23-15-20-18-7-3-5-9-21(18)25(2)22-10-6-4-8-19(20)22;1-5-6(2,3)4/h3-15H,1-2H3;1H3,(H,2,3,4). The van der Waals surface area contributed by atoms with E-state index in [-0.39, 0.29) is 4.90 Å². The second-order valence-electron chi connectivity index (χ2n) is 7.25. The Labute approximate surface area is 198 Å². The molecule has 0 amide bonds. The molecule has 4 aromatic rings. The van der Waals surface area contributed by atoms with Gasteiger partial charge in [-0.25, -0.2) is 13.2 Å². The fourth-order valence-electron chi connectivity index (χ4n) is 3.33. The molecule has 0 saturated heterocycles. The van der Waals surface area contributed by atoms with Crippen LogP contribution in [0, 0.1) is 6.92 Å². The third kappa shape index (κ3) is 5.94. The van der Waals surface area contributed by atoms with Gasteiger partial charge in [0.25, 0.3) is 10.0 Å². The number of fused-ring (bicyclic) bond motifs is 2. The van der Waals surface area contributed by atoms with Crippen LogP contribution in [0.3, 0.4) is 0 Å². The van der Waals surface area contributed by atoms with E-state index >= 15 is 0 Å². The highest BCUT2D eigenvalue weighted by molar-refractivity contribution is 7.89. The molecule has 178 valence electrons. The van der Waals surface area contributed by atoms with Gasteiger partial charge in [-0.05, 0) is 31.2 Å². The van der Waals surface area contributed by atoms with Gasteiger partial charge < -0.3 is 4.55 Å². The van der Waals surface area contributed by atoms with Gasteiger partial charge in [-0.15, -0.1) is 0 Å². The quantitative estimate of drug-likeness (QED) is 0.112. The van der Waals surface area contributed by atoms with Crippen molar-refractivity contribution < 1.29 is 30.1 Å². The molecule has 1 heterocycles. The number of hydrogen-bond acceptors (Lipinski definition) is 7. The molecule has 11 heteroatoms. The van der Waals surface area contributed by atoms with Crippen molar-refractivity contribution in [1.82, 2.24) is 4.83 Å². The van der Waals surface area contributed by atoms with E-state index in [1.807, 2.05) is 62.5 Å². The van der Waals surface area contributed by atoms with Crippen LogP contribution < -0.4 is 9.40 Å². The number of rotatable bonds is 5. The van der Waals surface area contributed by atoms with Crippen molar-refractivity contribution >= 4 is 48.4 Å². The normalized spacial score (nSPS) is 12.0. The molecule has 0 aliphatic carbocycles. The second-order valence-corrected chi connectivity index (χ2v) is 10.1. The van der Waals surface area contributed by atoms with Crippen molar-refractivity contribution in [2.45, 2.75) is 11.8 Å². The van der Waals surface area contributed by atoms with Crippen LogP contribution in [0.4, 0.5) is 0 Å². The number of aromatic nitrogens is 1. The number of sulfonamides is 1. The summed E-state index contributed by atoms with van der Waals surface area (Å²) < 4.78 is 58.1. The van der Waals surface area contributed by atoms with Crippen molar-refractivity contribution in [3.63, 3.8) is 0 Å². The third-order valence-electron chi connectivity index (χ3n) is 5.01. The fourth-order valence-corrected chi connectivity index (χ4v) is 4.12. The number of benzene rings is 3. The lowest BCUT2D eigenvalue weighted by atomic mass is 10.0. The highest BCUT2D eigenvalue weighted by Gasteiger charge is 2.16. The average Bonchev–Trinajstić information content (AvgIpc) is 2.81. The molecule has 1 N–H and O–H groups in total. The van der Waals surface area contributed by atoms with E-state index in [1.165, 1.54) is 0 Å². The monoisotopic (exact) mass is 501 g/mol. The predicted molar refractivity (Wildman–Crippen MR) is 128 cm³/mol. The number of hydrazone groups is 1. The van der Waals surface area contributed by atoms with E-state index in [9.17, 15) is 21.4 Å². The molecule has 0 saturated carbocycles. The zero-order chi connectivity index (χ0) is 24.9. The SMILES string of the molecule is COS(=O)(=O)[O-].Cc1ccc(S(=O)(=O)N/N=C\c2c3ccccc3[n+](C)c3ccccc23)cc1. The second kappa shape index (κ2) is 10.3. The van der Waals surface area contributed by atoms with Crippen LogP contribution in [-0.2, 0) is 31.7 Å². The Balaban J connectivity index is 0.000000481.